The van der Waals surface area contributed by atoms with Gasteiger partial charge in [0.25, 0.3) is 0 Å². The van der Waals surface area contributed by atoms with Crippen molar-refractivity contribution >= 4 is 21.8 Å². The first-order valence-electron chi connectivity index (χ1n) is 16.5. The second-order valence-electron chi connectivity index (χ2n) is 12.1. The molecule has 0 aliphatic heterocycles. The maximum atomic E-state index is 5.04. The molecule has 230 valence electrons. The van der Waals surface area contributed by atoms with Gasteiger partial charge in [-0.05, 0) is 70.8 Å². The van der Waals surface area contributed by atoms with E-state index in [2.05, 4.69) is 150 Å². The fourth-order valence-corrected chi connectivity index (χ4v) is 6.64. The summed E-state index contributed by atoms with van der Waals surface area (Å²) in [5.74, 6) is 1.92. The summed E-state index contributed by atoms with van der Waals surface area (Å²) < 4.78 is 2.34. The zero-order valence-electron chi connectivity index (χ0n) is 26.6. The van der Waals surface area contributed by atoms with Crippen molar-refractivity contribution in [1.29, 1.82) is 0 Å². The lowest BCUT2D eigenvalue weighted by atomic mass is 10.0. The van der Waals surface area contributed by atoms with Gasteiger partial charge in [0.2, 0.25) is 0 Å². The highest BCUT2D eigenvalue weighted by atomic mass is 15.0. The molecular formula is C45H30N4. The SMILES string of the molecule is c1ccc(-c2cccc(-c3nc(-c4ccccc4)nc(-c4ccc(-n5c6ccccc6c6cc(-c7ccccc7)ccc65)cc4)n3)c2)cc1. The maximum absolute atomic E-state index is 5.04. The minimum absolute atomic E-state index is 0.634. The Kier molecular flexibility index (Phi) is 7.10. The van der Waals surface area contributed by atoms with Gasteiger partial charge in [-0.25, -0.2) is 15.0 Å². The molecule has 49 heavy (non-hydrogen) atoms. The van der Waals surface area contributed by atoms with Gasteiger partial charge in [-0.3, -0.25) is 0 Å². The van der Waals surface area contributed by atoms with Crippen molar-refractivity contribution in [1.82, 2.24) is 19.5 Å². The van der Waals surface area contributed by atoms with Gasteiger partial charge < -0.3 is 4.57 Å². The predicted molar refractivity (Wildman–Crippen MR) is 201 cm³/mol. The van der Waals surface area contributed by atoms with Gasteiger partial charge in [0.05, 0.1) is 11.0 Å². The van der Waals surface area contributed by atoms with Crippen molar-refractivity contribution in [2.24, 2.45) is 0 Å². The lowest BCUT2D eigenvalue weighted by molar-refractivity contribution is 1.07. The summed E-state index contributed by atoms with van der Waals surface area (Å²) in [6, 6.07) is 63.4. The second kappa shape index (κ2) is 12.2. The lowest BCUT2D eigenvalue weighted by Crippen LogP contribution is -2.00. The Labute approximate surface area is 284 Å². The minimum Gasteiger partial charge on any atom is -0.309 e. The highest BCUT2D eigenvalue weighted by Gasteiger charge is 2.16. The third kappa shape index (κ3) is 5.35. The normalized spacial score (nSPS) is 11.3. The summed E-state index contributed by atoms with van der Waals surface area (Å²) in [6.07, 6.45) is 0. The van der Waals surface area contributed by atoms with Crippen molar-refractivity contribution in [2.75, 3.05) is 0 Å². The molecule has 0 amide bonds. The molecule has 0 spiro atoms. The molecule has 0 unspecified atom stereocenters. The van der Waals surface area contributed by atoms with Gasteiger partial charge in [0, 0.05) is 33.2 Å². The average Bonchev–Trinajstić information content (AvgIpc) is 3.52. The van der Waals surface area contributed by atoms with E-state index < -0.39 is 0 Å². The number of hydrogen-bond acceptors (Lipinski definition) is 3. The Balaban J connectivity index is 1.15. The summed E-state index contributed by atoms with van der Waals surface area (Å²) in [6.45, 7) is 0. The van der Waals surface area contributed by atoms with E-state index in [1.165, 1.54) is 32.9 Å². The Hall–Kier alpha value is -6.65. The van der Waals surface area contributed by atoms with Crippen LogP contribution in [0.3, 0.4) is 0 Å². The molecule has 0 atom stereocenters. The average molecular weight is 627 g/mol. The van der Waals surface area contributed by atoms with Crippen LogP contribution in [0, 0.1) is 0 Å². The number of aromatic nitrogens is 4. The van der Waals surface area contributed by atoms with Crippen LogP contribution < -0.4 is 0 Å². The molecule has 0 saturated carbocycles. The molecule has 4 nitrogen and oxygen atoms in total. The monoisotopic (exact) mass is 626 g/mol. The smallest absolute Gasteiger partial charge is 0.164 e. The number of benzene rings is 7. The van der Waals surface area contributed by atoms with Crippen molar-refractivity contribution in [2.45, 2.75) is 0 Å². The molecule has 0 aliphatic carbocycles. The fourth-order valence-electron chi connectivity index (χ4n) is 6.64. The van der Waals surface area contributed by atoms with Crippen LogP contribution in [0.15, 0.2) is 182 Å². The van der Waals surface area contributed by atoms with Crippen LogP contribution in [0.25, 0.3) is 83.9 Å². The van der Waals surface area contributed by atoms with E-state index in [0.29, 0.717) is 17.5 Å². The van der Waals surface area contributed by atoms with Crippen LogP contribution in [0.2, 0.25) is 0 Å². The van der Waals surface area contributed by atoms with Crippen molar-refractivity contribution in [3.63, 3.8) is 0 Å². The topological polar surface area (TPSA) is 43.6 Å². The first-order chi connectivity index (χ1) is 24.3. The van der Waals surface area contributed by atoms with E-state index in [-0.39, 0.29) is 0 Å². The summed E-state index contributed by atoms with van der Waals surface area (Å²) in [4.78, 5) is 15.0. The van der Waals surface area contributed by atoms with Crippen molar-refractivity contribution < 1.29 is 0 Å². The predicted octanol–water partition coefficient (Wildman–Crippen LogP) is 11.3. The van der Waals surface area contributed by atoms with Crippen LogP contribution >= 0.6 is 0 Å². The molecule has 7 aromatic carbocycles. The number of hydrogen-bond donors (Lipinski definition) is 0. The number of para-hydroxylation sites is 1. The highest BCUT2D eigenvalue weighted by Crippen LogP contribution is 2.35. The summed E-state index contributed by atoms with van der Waals surface area (Å²) in [5, 5.41) is 2.46. The quantitative estimate of drug-likeness (QED) is 0.184. The van der Waals surface area contributed by atoms with Crippen molar-refractivity contribution in [3.05, 3.63) is 182 Å². The summed E-state index contributed by atoms with van der Waals surface area (Å²) in [7, 11) is 0. The van der Waals surface area contributed by atoms with E-state index in [4.69, 9.17) is 15.0 Å². The highest BCUT2D eigenvalue weighted by molar-refractivity contribution is 6.10. The van der Waals surface area contributed by atoms with Crippen molar-refractivity contribution in [3.8, 4) is 62.1 Å². The second-order valence-corrected chi connectivity index (χ2v) is 12.1. The fraction of sp³-hybridized carbons (Fsp3) is 0. The van der Waals surface area contributed by atoms with Gasteiger partial charge >= 0.3 is 0 Å². The molecule has 2 heterocycles. The van der Waals surface area contributed by atoms with Crippen LogP contribution in [-0.2, 0) is 0 Å². The van der Waals surface area contributed by atoms with Crippen LogP contribution in [0.5, 0.6) is 0 Å². The molecule has 0 aliphatic rings. The summed E-state index contributed by atoms with van der Waals surface area (Å²) in [5.41, 5.74) is 10.9. The third-order valence-corrected chi connectivity index (χ3v) is 9.06. The Bertz CT molecular complexity index is 2570. The number of rotatable bonds is 6. The standard InChI is InChI=1S/C45H30N4/c1-4-13-31(14-5-1)35-19-12-20-37(29-35)45-47-43(33-17-8-3-9-18-33)46-44(48-45)34-23-26-38(27-24-34)49-41-22-11-10-21-39(41)40-30-36(25-28-42(40)49)32-15-6-2-7-16-32/h1-30H. The third-order valence-electron chi connectivity index (χ3n) is 9.06. The van der Waals surface area contributed by atoms with E-state index in [9.17, 15) is 0 Å². The first-order valence-corrected chi connectivity index (χ1v) is 16.5. The Morgan fingerprint density at radius 1 is 0.286 bits per heavy atom. The lowest BCUT2D eigenvalue weighted by Gasteiger charge is -2.11. The van der Waals surface area contributed by atoms with E-state index in [1.54, 1.807) is 0 Å². The van der Waals surface area contributed by atoms with Gasteiger partial charge in [-0.1, -0.05) is 133 Å². The molecule has 2 aromatic heterocycles. The molecule has 0 radical (unpaired) electrons. The number of fused-ring (bicyclic) bond motifs is 3. The number of nitrogens with zero attached hydrogens (tertiary/aromatic N) is 4. The van der Waals surface area contributed by atoms with Crippen LogP contribution in [0.4, 0.5) is 0 Å². The van der Waals surface area contributed by atoms with Gasteiger partial charge in [-0.15, -0.1) is 0 Å². The molecule has 4 heteroatoms. The largest absolute Gasteiger partial charge is 0.309 e. The zero-order chi connectivity index (χ0) is 32.6. The minimum atomic E-state index is 0.634. The Morgan fingerprint density at radius 2 is 0.735 bits per heavy atom. The van der Waals surface area contributed by atoms with Crippen LogP contribution in [-0.4, -0.2) is 19.5 Å². The first kappa shape index (κ1) is 28.6. The van der Waals surface area contributed by atoms with Gasteiger partial charge in [-0.2, -0.15) is 0 Å². The summed E-state index contributed by atoms with van der Waals surface area (Å²) >= 11 is 0. The molecule has 0 saturated heterocycles. The zero-order valence-corrected chi connectivity index (χ0v) is 26.6. The van der Waals surface area contributed by atoms with Gasteiger partial charge in [0.1, 0.15) is 0 Å². The molecule has 9 rings (SSSR count). The Morgan fingerprint density at radius 3 is 1.39 bits per heavy atom. The molecule has 0 N–H and O–H groups in total. The molecule has 9 aromatic rings. The van der Waals surface area contributed by atoms with E-state index >= 15 is 0 Å². The van der Waals surface area contributed by atoms with Crippen LogP contribution in [0.1, 0.15) is 0 Å². The van der Waals surface area contributed by atoms with E-state index in [0.717, 1.165) is 33.5 Å². The molecule has 0 fully saturated rings. The maximum Gasteiger partial charge on any atom is 0.164 e. The molecule has 0 bridgehead atoms. The van der Waals surface area contributed by atoms with E-state index in [1.807, 2.05) is 36.4 Å². The van der Waals surface area contributed by atoms with Gasteiger partial charge in [0.15, 0.2) is 17.5 Å². The molecular weight excluding hydrogens is 597 g/mol.